The lowest BCUT2D eigenvalue weighted by Gasteiger charge is -1.92. The second-order valence-corrected chi connectivity index (χ2v) is 4.13. The number of carbonyl (C=O) groups excluding carboxylic acids is 2. The number of carboxylic acid groups (broad SMARTS) is 1. The largest absolute Gasteiger partial charge is 0.481 e. The van der Waals surface area contributed by atoms with Gasteiger partial charge < -0.3 is 15.3 Å². The van der Waals surface area contributed by atoms with Crippen LogP contribution in [0.25, 0.3) is 0 Å². The van der Waals surface area contributed by atoms with Gasteiger partial charge in [0.2, 0.25) is 0 Å². The number of methoxy groups -OCH3 is 1. The highest BCUT2D eigenvalue weighted by atomic mass is 79.9. The van der Waals surface area contributed by atoms with E-state index in [-0.39, 0.29) is 11.3 Å². The standard InChI is InChI=1S/C8H7BrO.C4H6O4.H2O/c1-6(10)7-2-4-8(9)5-3-7;1-8-4(7)2-3(5)6;/h2-5H,1H3;2H2,1H3,(H,5,6);1H2. The molecule has 7 heteroatoms. The average molecular weight is 335 g/mol. The zero-order chi connectivity index (χ0) is 14.1. The van der Waals surface area contributed by atoms with Gasteiger partial charge in [0, 0.05) is 10.0 Å². The molecule has 0 radical (unpaired) electrons. The third-order valence-corrected chi connectivity index (χ3v) is 2.30. The summed E-state index contributed by atoms with van der Waals surface area (Å²) in [5.41, 5.74) is 0.753. The van der Waals surface area contributed by atoms with Gasteiger partial charge in [0.15, 0.2) is 5.78 Å². The monoisotopic (exact) mass is 334 g/mol. The second-order valence-electron chi connectivity index (χ2n) is 3.21. The number of hydrogen-bond acceptors (Lipinski definition) is 4. The highest BCUT2D eigenvalue weighted by Crippen LogP contribution is 2.10. The maximum absolute atomic E-state index is 10.7. The molecule has 0 unspecified atom stereocenters. The smallest absolute Gasteiger partial charge is 0.316 e. The van der Waals surface area contributed by atoms with Crippen LogP contribution < -0.4 is 0 Å². The maximum atomic E-state index is 10.7. The Labute approximate surface area is 118 Å². The summed E-state index contributed by atoms with van der Waals surface area (Å²) in [6.45, 7) is 1.56. The minimum atomic E-state index is -1.17. The first-order valence-corrected chi connectivity index (χ1v) is 5.71. The third-order valence-electron chi connectivity index (χ3n) is 1.77. The number of aliphatic carboxylic acids is 1. The Kier molecular flexibility index (Phi) is 10.5. The van der Waals surface area contributed by atoms with Gasteiger partial charge in [-0.1, -0.05) is 28.1 Å². The van der Waals surface area contributed by atoms with Gasteiger partial charge in [-0.15, -0.1) is 0 Å². The summed E-state index contributed by atoms with van der Waals surface area (Å²) in [6.07, 6.45) is -0.559. The number of ketones is 1. The Morgan fingerprint density at radius 3 is 1.95 bits per heavy atom. The molecular formula is C12H15BrO6. The van der Waals surface area contributed by atoms with E-state index in [1.54, 1.807) is 19.1 Å². The number of hydrogen-bond donors (Lipinski definition) is 1. The first-order chi connectivity index (χ1) is 8.36. The SMILES string of the molecule is CC(=O)c1ccc(Br)cc1.COC(=O)CC(=O)O.O. The molecule has 0 aliphatic carbocycles. The predicted octanol–water partition coefficient (Wildman–Crippen LogP) is 1.46. The number of halogens is 1. The van der Waals surface area contributed by atoms with Crippen molar-refractivity contribution in [3.63, 3.8) is 0 Å². The molecule has 0 atom stereocenters. The Hall–Kier alpha value is -1.73. The molecule has 0 aromatic heterocycles. The second kappa shape index (κ2) is 10.2. The van der Waals surface area contributed by atoms with E-state index in [2.05, 4.69) is 20.7 Å². The topological polar surface area (TPSA) is 112 Å². The Morgan fingerprint density at radius 2 is 1.68 bits per heavy atom. The summed E-state index contributed by atoms with van der Waals surface area (Å²) in [4.78, 5) is 30.4. The van der Waals surface area contributed by atoms with Crippen molar-refractivity contribution in [3.05, 3.63) is 34.3 Å². The van der Waals surface area contributed by atoms with Crippen molar-refractivity contribution >= 4 is 33.7 Å². The van der Waals surface area contributed by atoms with Crippen LogP contribution in [0.4, 0.5) is 0 Å². The Bertz CT molecular complexity index is 426. The molecule has 19 heavy (non-hydrogen) atoms. The van der Waals surface area contributed by atoms with Crippen LogP contribution in [0.1, 0.15) is 23.7 Å². The lowest BCUT2D eigenvalue weighted by atomic mass is 10.2. The third kappa shape index (κ3) is 9.93. The van der Waals surface area contributed by atoms with Gasteiger partial charge >= 0.3 is 11.9 Å². The molecule has 0 saturated carbocycles. The molecule has 0 bridgehead atoms. The molecule has 1 aromatic rings. The molecule has 0 heterocycles. The minimum absolute atomic E-state index is 0. The fraction of sp³-hybridized carbons (Fsp3) is 0.250. The van der Waals surface area contributed by atoms with Crippen molar-refractivity contribution in [2.75, 3.05) is 7.11 Å². The zero-order valence-corrected chi connectivity index (χ0v) is 12.1. The average Bonchev–Trinajstić information content (AvgIpc) is 2.29. The Balaban J connectivity index is 0. The van der Waals surface area contributed by atoms with Crippen LogP contribution in [0.5, 0.6) is 0 Å². The van der Waals surface area contributed by atoms with Crippen molar-refractivity contribution < 1.29 is 29.7 Å². The van der Waals surface area contributed by atoms with Crippen molar-refractivity contribution in [2.45, 2.75) is 13.3 Å². The molecule has 3 N–H and O–H groups in total. The van der Waals surface area contributed by atoms with Crippen LogP contribution in [0.3, 0.4) is 0 Å². The van der Waals surface area contributed by atoms with E-state index in [0.717, 1.165) is 17.1 Å². The zero-order valence-electron chi connectivity index (χ0n) is 10.5. The predicted molar refractivity (Wildman–Crippen MR) is 72.0 cm³/mol. The van der Waals surface area contributed by atoms with E-state index >= 15 is 0 Å². The quantitative estimate of drug-likeness (QED) is 0.510. The number of carbonyl (C=O) groups is 3. The van der Waals surface area contributed by atoms with Crippen LogP contribution in [-0.4, -0.2) is 35.4 Å². The fourth-order valence-corrected chi connectivity index (χ4v) is 1.14. The van der Waals surface area contributed by atoms with Crippen LogP contribution in [0.2, 0.25) is 0 Å². The molecule has 0 saturated heterocycles. The molecule has 0 spiro atoms. The lowest BCUT2D eigenvalue weighted by molar-refractivity contribution is -0.149. The molecule has 106 valence electrons. The van der Waals surface area contributed by atoms with Gasteiger partial charge in [-0.25, -0.2) is 0 Å². The fourth-order valence-electron chi connectivity index (χ4n) is 0.880. The summed E-state index contributed by atoms with van der Waals surface area (Å²) in [5, 5.41) is 7.91. The van der Waals surface area contributed by atoms with Crippen molar-refractivity contribution in [1.82, 2.24) is 0 Å². The molecule has 0 aliphatic heterocycles. The van der Waals surface area contributed by atoms with Crippen LogP contribution in [0.15, 0.2) is 28.7 Å². The van der Waals surface area contributed by atoms with Gasteiger partial charge in [-0.3, -0.25) is 14.4 Å². The molecule has 0 amide bonds. The van der Waals surface area contributed by atoms with E-state index in [9.17, 15) is 14.4 Å². The number of esters is 1. The maximum Gasteiger partial charge on any atom is 0.316 e. The molecule has 0 aliphatic rings. The number of benzene rings is 1. The van der Waals surface area contributed by atoms with Crippen molar-refractivity contribution in [1.29, 1.82) is 0 Å². The van der Waals surface area contributed by atoms with Gasteiger partial charge in [0.05, 0.1) is 7.11 Å². The van der Waals surface area contributed by atoms with Gasteiger partial charge in [0.1, 0.15) is 6.42 Å². The molecular weight excluding hydrogens is 320 g/mol. The summed E-state index contributed by atoms with van der Waals surface area (Å²) in [5.74, 6) is -1.79. The van der Waals surface area contributed by atoms with Crippen molar-refractivity contribution in [3.8, 4) is 0 Å². The first kappa shape index (κ1) is 19.6. The van der Waals surface area contributed by atoms with E-state index in [4.69, 9.17) is 5.11 Å². The van der Waals surface area contributed by atoms with Crippen molar-refractivity contribution in [2.24, 2.45) is 0 Å². The normalized spacial score (nSPS) is 8.37. The molecule has 1 rings (SSSR count). The van der Waals surface area contributed by atoms with Crippen LogP contribution >= 0.6 is 15.9 Å². The number of ether oxygens (including phenoxy) is 1. The first-order valence-electron chi connectivity index (χ1n) is 4.92. The Morgan fingerprint density at radius 1 is 1.21 bits per heavy atom. The number of rotatable bonds is 3. The summed E-state index contributed by atoms with van der Waals surface area (Å²) < 4.78 is 5.04. The van der Waals surface area contributed by atoms with E-state index < -0.39 is 18.4 Å². The molecule has 0 fully saturated rings. The van der Waals surface area contributed by atoms with E-state index in [1.165, 1.54) is 0 Å². The lowest BCUT2D eigenvalue weighted by Crippen LogP contribution is -2.07. The summed E-state index contributed by atoms with van der Waals surface area (Å²) >= 11 is 3.28. The number of carboxylic acids is 1. The minimum Gasteiger partial charge on any atom is -0.481 e. The summed E-state index contributed by atoms with van der Waals surface area (Å²) in [6, 6.07) is 7.31. The number of Topliss-reactive ketones (excluding diaryl/α,β-unsaturated/α-hetero) is 1. The van der Waals surface area contributed by atoms with Crippen LogP contribution in [0, 0.1) is 0 Å². The highest BCUT2D eigenvalue weighted by Gasteiger charge is 2.04. The van der Waals surface area contributed by atoms with Gasteiger partial charge in [-0.05, 0) is 19.1 Å². The summed E-state index contributed by atoms with van der Waals surface area (Å²) in [7, 11) is 1.14. The molecule has 1 aromatic carbocycles. The molecule has 6 nitrogen and oxygen atoms in total. The van der Waals surface area contributed by atoms with E-state index in [0.29, 0.717) is 0 Å². The van der Waals surface area contributed by atoms with Gasteiger partial charge in [0.25, 0.3) is 0 Å². The van der Waals surface area contributed by atoms with E-state index in [1.807, 2.05) is 12.1 Å². The van der Waals surface area contributed by atoms with Crippen LogP contribution in [-0.2, 0) is 14.3 Å². The van der Waals surface area contributed by atoms with Gasteiger partial charge in [-0.2, -0.15) is 0 Å². The highest BCUT2D eigenvalue weighted by molar-refractivity contribution is 9.10.